The van der Waals surface area contributed by atoms with E-state index < -0.39 is 12.1 Å². The van der Waals surface area contributed by atoms with Crippen LogP contribution < -0.4 is 4.90 Å². The van der Waals surface area contributed by atoms with Crippen molar-refractivity contribution >= 4 is 22.4 Å². The molecule has 0 bridgehead atoms. The van der Waals surface area contributed by atoms with E-state index in [-0.39, 0.29) is 11.7 Å². The second kappa shape index (κ2) is 9.45. The number of aliphatic carboxylic acids is 1. The summed E-state index contributed by atoms with van der Waals surface area (Å²) in [5.41, 5.74) is 1.94. The molecule has 4 heterocycles. The second-order valence-electron chi connectivity index (χ2n) is 7.49. The first kappa shape index (κ1) is 23.4. The number of aromatic nitrogens is 3. The number of pyridine rings is 1. The Morgan fingerprint density at radius 1 is 1.35 bits per heavy atom. The number of hydrogen-bond acceptors (Lipinski definition) is 8. The summed E-state index contributed by atoms with van der Waals surface area (Å²) in [4.78, 5) is 15.6. The van der Waals surface area contributed by atoms with Crippen LogP contribution in [0, 0.1) is 13.8 Å². The van der Waals surface area contributed by atoms with Crippen LogP contribution in [0.3, 0.4) is 0 Å². The zero-order valence-corrected chi connectivity index (χ0v) is 17.9. The molecule has 0 amide bonds. The Morgan fingerprint density at radius 3 is 2.65 bits per heavy atom. The van der Waals surface area contributed by atoms with Crippen LogP contribution in [-0.4, -0.2) is 63.8 Å². The number of aryl methyl sites for hydroxylation is 2. The molecule has 2 aromatic rings. The molecule has 31 heavy (non-hydrogen) atoms. The molecule has 12 heteroatoms. The van der Waals surface area contributed by atoms with Gasteiger partial charge in [-0.05, 0) is 32.4 Å². The molecular formula is C19H23F3N4O4S. The summed E-state index contributed by atoms with van der Waals surface area (Å²) >= 11 is 1.64. The third-order valence-electron chi connectivity index (χ3n) is 4.85. The number of carbonyl (C=O) groups is 1. The number of carboxylic acids is 1. The first-order valence-electron chi connectivity index (χ1n) is 9.60. The van der Waals surface area contributed by atoms with Gasteiger partial charge in [0.2, 0.25) is 5.13 Å². The predicted molar refractivity (Wildman–Crippen MR) is 106 cm³/mol. The molecule has 2 fully saturated rings. The lowest BCUT2D eigenvalue weighted by Crippen LogP contribution is -2.66. The van der Waals surface area contributed by atoms with E-state index in [9.17, 15) is 13.2 Å². The van der Waals surface area contributed by atoms with Crippen molar-refractivity contribution in [3.63, 3.8) is 0 Å². The standard InChI is InChI=1S/C17H22N4O2S.C2HF3O2/c1-12-4-3-5-14(18-12)9-22-15-6-7-23-17(8-15)10-21(11-17)16-20-19-13(2)24-16;3-2(4,5)1(6)7/h3-5,15H,6-11H2,1-2H3;(H,6,7). The van der Waals surface area contributed by atoms with Crippen molar-refractivity contribution in [1.29, 1.82) is 0 Å². The van der Waals surface area contributed by atoms with Gasteiger partial charge in [-0.25, -0.2) is 4.79 Å². The largest absolute Gasteiger partial charge is 0.490 e. The van der Waals surface area contributed by atoms with E-state index in [4.69, 9.17) is 19.4 Å². The Morgan fingerprint density at radius 2 is 2.06 bits per heavy atom. The fourth-order valence-corrected chi connectivity index (χ4v) is 4.11. The van der Waals surface area contributed by atoms with Crippen molar-refractivity contribution in [2.75, 3.05) is 24.6 Å². The minimum Gasteiger partial charge on any atom is -0.475 e. The van der Waals surface area contributed by atoms with Gasteiger partial charge in [0.05, 0.1) is 31.5 Å². The van der Waals surface area contributed by atoms with Crippen LogP contribution >= 0.6 is 11.3 Å². The number of alkyl halides is 3. The number of rotatable bonds is 4. The average Bonchev–Trinajstić information content (AvgIpc) is 3.10. The molecule has 1 atom stereocenters. The molecular weight excluding hydrogens is 437 g/mol. The molecule has 0 saturated carbocycles. The Kier molecular flexibility index (Phi) is 7.12. The maximum absolute atomic E-state index is 10.6. The smallest absolute Gasteiger partial charge is 0.475 e. The van der Waals surface area contributed by atoms with Gasteiger partial charge >= 0.3 is 12.1 Å². The van der Waals surface area contributed by atoms with Gasteiger partial charge in [-0.3, -0.25) is 4.98 Å². The Balaban J connectivity index is 0.000000339. The first-order chi connectivity index (χ1) is 14.6. The number of halogens is 3. The maximum atomic E-state index is 10.6. The maximum Gasteiger partial charge on any atom is 0.490 e. The van der Waals surface area contributed by atoms with Crippen molar-refractivity contribution in [1.82, 2.24) is 15.2 Å². The molecule has 8 nitrogen and oxygen atoms in total. The highest BCUT2D eigenvalue weighted by atomic mass is 32.1. The number of anilines is 1. The highest BCUT2D eigenvalue weighted by Crippen LogP contribution is 2.38. The minimum absolute atomic E-state index is 0.0808. The molecule has 1 spiro atoms. The molecule has 0 aliphatic carbocycles. The molecule has 4 rings (SSSR count). The predicted octanol–water partition coefficient (Wildman–Crippen LogP) is 3.14. The Hall–Kier alpha value is -2.31. The molecule has 2 aromatic heterocycles. The highest BCUT2D eigenvalue weighted by molar-refractivity contribution is 7.15. The SMILES string of the molecule is Cc1cccc(COC2CCOC3(C2)CN(c2nnc(C)s2)C3)n1.O=C(O)C(F)(F)F. The molecule has 2 saturated heterocycles. The van der Waals surface area contributed by atoms with E-state index in [2.05, 4.69) is 20.1 Å². The number of ether oxygens (including phenoxy) is 2. The van der Waals surface area contributed by atoms with Gasteiger partial charge in [0.1, 0.15) is 10.6 Å². The van der Waals surface area contributed by atoms with E-state index in [1.165, 1.54) is 0 Å². The van der Waals surface area contributed by atoms with Crippen LogP contribution in [0.15, 0.2) is 18.2 Å². The van der Waals surface area contributed by atoms with E-state index in [0.29, 0.717) is 6.61 Å². The number of carboxylic acid groups (broad SMARTS) is 1. The number of nitrogens with zero attached hydrogens (tertiary/aromatic N) is 4. The summed E-state index contributed by atoms with van der Waals surface area (Å²) in [5, 5.41) is 17.4. The first-order valence-corrected chi connectivity index (χ1v) is 10.4. The highest BCUT2D eigenvalue weighted by Gasteiger charge is 2.49. The summed E-state index contributed by atoms with van der Waals surface area (Å²) in [7, 11) is 0. The Labute approximate surface area is 181 Å². The lowest BCUT2D eigenvalue weighted by Gasteiger charge is -2.52. The van der Waals surface area contributed by atoms with E-state index >= 15 is 0 Å². The van der Waals surface area contributed by atoms with E-state index in [1.807, 2.05) is 32.0 Å². The fourth-order valence-electron chi connectivity index (χ4n) is 3.43. The summed E-state index contributed by atoms with van der Waals surface area (Å²) in [6.07, 6.45) is -2.96. The Bertz CT molecular complexity index is 902. The van der Waals surface area contributed by atoms with Crippen molar-refractivity contribution < 1.29 is 32.5 Å². The molecule has 2 aliphatic rings. The quantitative estimate of drug-likeness (QED) is 0.743. The van der Waals surface area contributed by atoms with Crippen LogP contribution in [0.4, 0.5) is 18.3 Å². The fraction of sp³-hybridized carbons (Fsp3) is 0.579. The van der Waals surface area contributed by atoms with Gasteiger partial charge in [0.15, 0.2) is 0 Å². The van der Waals surface area contributed by atoms with Crippen molar-refractivity contribution in [2.24, 2.45) is 0 Å². The van der Waals surface area contributed by atoms with E-state index in [0.717, 1.165) is 54.1 Å². The van der Waals surface area contributed by atoms with Gasteiger partial charge in [-0.15, -0.1) is 10.2 Å². The van der Waals surface area contributed by atoms with Gasteiger partial charge < -0.3 is 19.5 Å². The van der Waals surface area contributed by atoms with Crippen LogP contribution in [0.5, 0.6) is 0 Å². The minimum atomic E-state index is -5.08. The van der Waals surface area contributed by atoms with Crippen molar-refractivity contribution in [3.05, 3.63) is 34.6 Å². The molecule has 170 valence electrons. The third-order valence-corrected chi connectivity index (χ3v) is 5.75. The van der Waals surface area contributed by atoms with E-state index in [1.54, 1.807) is 11.3 Å². The third kappa shape index (κ3) is 6.34. The van der Waals surface area contributed by atoms with Gasteiger partial charge in [0, 0.05) is 18.7 Å². The van der Waals surface area contributed by atoms with Crippen LogP contribution in [0.1, 0.15) is 29.2 Å². The molecule has 0 aromatic carbocycles. The van der Waals surface area contributed by atoms with Gasteiger partial charge in [-0.2, -0.15) is 13.2 Å². The molecule has 2 aliphatic heterocycles. The number of hydrogen-bond donors (Lipinski definition) is 1. The summed E-state index contributed by atoms with van der Waals surface area (Å²) in [5.74, 6) is -2.76. The monoisotopic (exact) mass is 460 g/mol. The molecule has 0 radical (unpaired) electrons. The second-order valence-corrected chi connectivity index (χ2v) is 8.65. The lowest BCUT2D eigenvalue weighted by atomic mass is 9.85. The zero-order chi connectivity index (χ0) is 22.6. The van der Waals surface area contributed by atoms with Gasteiger partial charge in [-0.1, -0.05) is 17.4 Å². The van der Waals surface area contributed by atoms with Crippen LogP contribution in [0.25, 0.3) is 0 Å². The molecule has 1 N–H and O–H groups in total. The summed E-state index contributed by atoms with van der Waals surface area (Å²) < 4.78 is 43.9. The van der Waals surface area contributed by atoms with Crippen molar-refractivity contribution in [2.45, 2.75) is 51.2 Å². The summed E-state index contributed by atoms with van der Waals surface area (Å²) in [6.45, 7) is 7.08. The van der Waals surface area contributed by atoms with Gasteiger partial charge in [0.25, 0.3) is 0 Å². The summed E-state index contributed by atoms with van der Waals surface area (Å²) in [6, 6.07) is 6.05. The topological polar surface area (TPSA) is 97.7 Å². The normalized spacial score (nSPS) is 20.0. The lowest BCUT2D eigenvalue weighted by molar-refractivity contribution is -0.192. The average molecular weight is 460 g/mol. The van der Waals surface area contributed by atoms with Crippen LogP contribution in [0.2, 0.25) is 0 Å². The molecule has 1 unspecified atom stereocenters. The van der Waals surface area contributed by atoms with Crippen LogP contribution in [-0.2, 0) is 20.9 Å². The van der Waals surface area contributed by atoms with Crippen molar-refractivity contribution in [3.8, 4) is 0 Å². The zero-order valence-electron chi connectivity index (χ0n) is 17.1.